The van der Waals surface area contributed by atoms with E-state index in [1.165, 1.54) is 37.7 Å². The molecule has 0 spiro atoms. The predicted octanol–water partition coefficient (Wildman–Crippen LogP) is 4.42. The van der Waals surface area contributed by atoms with Crippen molar-refractivity contribution >= 4 is 0 Å². The van der Waals surface area contributed by atoms with Crippen molar-refractivity contribution < 1.29 is 0 Å². The second-order valence-electron chi connectivity index (χ2n) is 6.68. The third-order valence-electron chi connectivity index (χ3n) is 4.88. The number of hydrogen-bond donors (Lipinski definition) is 1. The van der Waals surface area contributed by atoms with Crippen LogP contribution in [0.5, 0.6) is 0 Å². The molecule has 106 valence electrons. The molecule has 0 radical (unpaired) electrons. The van der Waals surface area contributed by atoms with Crippen LogP contribution in [0.2, 0.25) is 0 Å². The zero-order chi connectivity index (χ0) is 13.7. The van der Waals surface area contributed by atoms with Crippen LogP contribution in [-0.4, -0.2) is 12.6 Å². The van der Waals surface area contributed by atoms with Gasteiger partial charge in [-0.15, -0.1) is 0 Å². The molecule has 1 heteroatoms. The van der Waals surface area contributed by atoms with Gasteiger partial charge in [0.15, 0.2) is 0 Å². The molecule has 1 aromatic rings. The molecular formula is C18H29N. The Morgan fingerprint density at radius 3 is 2.58 bits per heavy atom. The summed E-state index contributed by atoms with van der Waals surface area (Å²) in [6.07, 6.45) is 6.67. The average molecular weight is 259 g/mol. The number of rotatable bonds is 6. The smallest absolute Gasteiger partial charge is 0.0103 e. The standard InChI is InChI=1S/C18H29N/c1-4-19-17(16-11-8-14-18(16,2)3)13-12-15-9-6-5-7-10-15/h5-7,9-10,16-17,19H,4,8,11-14H2,1-3H3. The highest BCUT2D eigenvalue weighted by Gasteiger charge is 2.38. The van der Waals surface area contributed by atoms with Gasteiger partial charge in [0.25, 0.3) is 0 Å². The fourth-order valence-electron chi connectivity index (χ4n) is 3.77. The largest absolute Gasteiger partial charge is 0.314 e. The van der Waals surface area contributed by atoms with E-state index in [9.17, 15) is 0 Å². The molecule has 2 atom stereocenters. The van der Waals surface area contributed by atoms with Gasteiger partial charge in [-0.05, 0) is 49.1 Å². The van der Waals surface area contributed by atoms with Gasteiger partial charge in [-0.1, -0.05) is 57.5 Å². The van der Waals surface area contributed by atoms with Crippen LogP contribution in [0.1, 0.15) is 52.0 Å². The summed E-state index contributed by atoms with van der Waals surface area (Å²) < 4.78 is 0. The molecule has 0 heterocycles. The van der Waals surface area contributed by atoms with E-state index in [-0.39, 0.29) is 0 Å². The van der Waals surface area contributed by atoms with Gasteiger partial charge < -0.3 is 5.32 Å². The zero-order valence-electron chi connectivity index (χ0n) is 12.8. The van der Waals surface area contributed by atoms with Crippen molar-refractivity contribution in [3.63, 3.8) is 0 Å². The highest BCUT2D eigenvalue weighted by Crippen LogP contribution is 2.45. The van der Waals surface area contributed by atoms with Gasteiger partial charge in [0, 0.05) is 6.04 Å². The number of nitrogens with one attached hydrogen (secondary N) is 1. The minimum Gasteiger partial charge on any atom is -0.314 e. The minimum atomic E-state index is 0.517. The summed E-state index contributed by atoms with van der Waals surface area (Å²) in [7, 11) is 0. The maximum atomic E-state index is 3.75. The van der Waals surface area contributed by atoms with Crippen molar-refractivity contribution in [2.45, 2.75) is 58.9 Å². The van der Waals surface area contributed by atoms with Crippen LogP contribution < -0.4 is 5.32 Å². The maximum absolute atomic E-state index is 3.75. The van der Waals surface area contributed by atoms with E-state index in [0.29, 0.717) is 11.5 Å². The maximum Gasteiger partial charge on any atom is 0.0103 e. The Labute approximate surface area is 118 Å². The van der Waals surface area contributed by atoms with E-state index in [1.807, 2.05) is 0 Å². The summed E-state index contributed by atoms with van der Waals surface area (Å²) in [6, 6.07) is 11.6. The first kappa shape index (κ1) is 14.6. The monoisotopic (exact) mass is 259 g/mol. The van der Waals surface area contributed by atoms with Crippen molar-refractivity contribution in [1.29, 1.82) is 0 Å². The zero-order valence-corrected chi connectivity index (χ0v) is 12.8. The Morgan fingerprint density at radius 2 is 2.00 bits per heavy atom. The third-order valence-corrected chi connectivity index (χ3v) is 4.88. The lowest BCUT2D eigenvalue weighted by atomic mass is 9.76. The Morgan fingerprint density at radius 1 is 1.26 bits per heavy atom. The molecule has 1 aliphatic carbocycles. The van der Waals surface area contributed by atoms with E-state index < -0.39 is 0 Å². The van der Waals surface area contributed by atoms with Crippen molar-refractivity contribution in [2.75, 3.05) is 6.54 Å². The molecule has 19 heavy (non-hydrogen) atoms. The van der Waals surface area contributed by atoms with Gasteiger partial charge in [-0.2, -0.15) is 0 Å². The summed E-state index contributed by atoms with van der Waals surface area (Å²) in [5.41, 5.74) is 1.99. The second-order valence-corrected chi connectivity index (χ2v) is 6.68. The van der Waals surface area contributed by atoms with Crippen molar-refractivity contribution in [3.8, 4) is 0 Å². The molecule has 2 unspecified atom stereocenters. The molecular weight excluding hydrogens is 230 g/mol. The SMILES string of the molecule is CCNC(CCc1ccccc1)C1CCCC1(C)C. The first-order chi connectivity index (χ1) is 9.13. The van der Waals surface area contributed by atoms with E-state index >= 15 is 0 Å². The first-order valence-electron chi connectivity index (χ1n) is 7.91. The van der Waals surface area contributed by atoms with Crippen LogP contribution in [0.4, 0.5) is 0 Å². The molecule has 0 aromatic heterocycles. The molecule has 1 fully saturated rings. The Bertz CT molecular complexity index is 369. The normalized spacial score (nSPS) is 23.4. The van der Waals surface area contributed by atoms with Crippen LogP contribution in [0.15, 0.2) is 30.3 Å². The van der Waals surface area contributed by atoms with Crippen LogP contribution in [0, 0.1) is 11.3 Å². The van der Waals surface area contributed by atoms with Gasteiger partial charge in [0.1, 0.15) is 0 Å². The molecule has 1 aromatic carbocycles. The van der Waals surface area contributed by atoms with Crippen LogP contribution in [0.25, 0.3) is 0 Å². The van der Waals surface area contributed by atoms with Gasteiger partial charge in [-0.25, -0.2) is 0 Å². The molecule has 2 rings (SSSR count). The Balaban J connectivity index is 1.96. The number of aryl methyl sites for hydroxylation is 1. The van der Waals surface area contributed by atoms with E-state index in [0.717, 1.165) is 12.5 Å². The molecule has 0 bridgehead atoms. The lowest BCUT2D eigenvalue weighted by molar-refractivity contribution is 0.191. The third kappa shape index (κ3) is 3.82. The molecule has 1 aliphatic rings. The van der Waals surface area contributed by atoms with Gasteiger partial charge >= 0.3 is 0 Å². The Kier molecular flexibility index (Phi) is 5.04. The highest BCUT2D eigenvalue weighted by atomic mass is 14.9. The average Bonchev–Trinajstić information content (AvgIpc) is 2.75. The summed E-state index contributed by atoms with van der Waals surface area (Å²) in [6.45, 7) is 8.23. The van der Waals surface area contributed by atoms with Crippen LogP contribution >= 0.6 is 0 Å². The highest BCUT2D eigenvalue weighted by molar-refractivity contribution is 5.15. The molecule has 1 saturated carbocycles. The summed E-state index contributed by atoms with van der Waals surface area (Å²) in [5, 5.41) is 3.75. The summed E-state index contributed by atoms with van der Waals surface area (Å²) in [4.78, 5) is 0. The lowest BCUT2D eigenvalue weighted by Crippen LogP contribution is -2.41. The lowest BCUT2D eigenvalue weighted by Gasteiger charge is -2.35. The fraction of sp³-hybridized carbons (Fsp3) is 0.667. The van der Waals surface area contributed by atoms with E-state index in [4.69, 9.17) is 0 Å². The fourth-order valence-corrected chi connectivity index (χ4v) is 3.77. The first-order valence-corrected chi connectivity index (χ1v) is 7.91. The molecule has 0 amide bonds. The predicted molar refractivity (Wildman–Crippen MR) is 83.3 cm³/mol. The summed E-state index contributed by atoms with van der Waals surface area (Å²) >= 11 is 0. The molecule has 1 nitrogen and oxygen atoms in total. The van der Waals surface area contributed by atoms with Crippen LogP contribution in [-0.2, 0) is 6.42 Å². The van der Waals surface area contributed by atoms with Gasteiger partial charge in [0.2, 0.25) is 0 Å². The van der Waals surface area contributed by atoms with Crippen LogP contribution in [0.3, 0.4) is 0 Å². The topological polar surface area (TPSA) is 12.0 Å². The Hall–Kier alpha value is -0.820. The van der Waals surface area contributed by atoms with E-state index in [2.05, 4.69) is 56.4 Å². The quantitative estimate of drug-likeness (QED) is 0.797. The van der Waals surface area contributed by atoms with Gasteiger partial charge in [-0.3, -0.25) is 0 Å². The second kappa shape index (κ2) is 6.56. The van der Waals surface area contributed by atoms with Gasteiger partial charge in [0.05, 0.1) is 0 Å². The minimum absolute atomic E-state index is 0.517. The number of hydrogen-bond acceptors (Lipinski definition) is 1. The van der Waals surface area contributed by atoms with Crippen molar-refractivity contribution in [3.05, 3.63) is 35.9 Å². The van der Waals surface area contributed by atoms with Crippen molar-refractivity contribution in [1.82, 2.24) is 5.32 Å². The molecule has 1 N–H and O–H groups in total. The molecule has 0 aliphatic heterocycles. The summed E-state index contributed by atoms with van der Waals surface area (Å²) in [5.74, 6) is 0.844. The van der Waals surface area contributed by atoms with E-state index in [1.54, 1.807) is 0 Å². The number of benzene rings is 1. The van der Waals surface area contributed by atoms with Crippen molar-refractivity contribution in [2.24, 2.45) is 11.3 Å². The molecule has 0 saturated heterocycles.